The fourth-order valence-electron chi connectivity index (χ4n) is 10.4. The summed E-state index contributed by atoms with van der Waals surface area (Å²) in [5.74, 6) is 3.03. The van der Waals surface area contributed by atoms with Crippen molar-refractivity contribution < 1.29 is 24.5 Å². The fourth-order valence-corrected chi connectivity index (χ4v) is 11.2. The molecule has 2 bridgehead atoms. The lowest BCUT2D eigenvalue weighted by molar-refractivity contribution is -0.0440. The van der Waals surface area contributed by atoms with E-state index in [1.165, 1.54) is 28.7 Å². The first-order valence-corrected chi connectivity index (χ1v) is 23.5. The lowest BCUT2D eigenvalue weighted by Gasteiger charge is -2.35. The predicted molar refractivity (Wildman–Crippen MR) is 246 cm³/mol. The predicted octanol–water partition coefficient (Wildman–Crippen LogP) is 8.60. The molecule has 9 atom stereocenters. The van der Waals surface area contributed by atoms with Gasteiger partial charge in [-0.15, -0.1) is 11.3 Å². The van der Waals surface area contributed by atoms with E-state index in [1.807, 2.05) is 45.0 Å². The molecule has 3 aliphatic heterocycles. The minimum absolute atomic E-state index is 0.0157. The Morgan fingerprint density at radius 3 is 2.19 bits per heavy atom. The third-order valence-corrected chi connectivity index (χ3v) is 15.1. The monoisotopic (exact) mass is 874 g/mol. The zero-order valence-electron chi connectivity index (χ0n) is 37.1. The summed E-state index contributed by atoms with van der Waals surface area (Å²) in [6, 6.07) is 16.6. The molecule has 1 amide bonds. The molecule has 6 heterocycles. The third-order valence-electron chi connectivity index (χ3n) is 14.1. The quantitative estimate of drug-likeness (QED) is 0.0712. The maximum Gasteiger partial charge on any atom is 0.407 e. The Bertz CT molecular complexity index is 2430. The normalized spacial score (nSPS) is 24.5. The molecule has 0 spiro atoms. The number of alkyl carbamates (subject to hydrolysis) is 1. The van der Waals surface area contributed by atoms with Gasteiger partial charge in [-0.3, -0.25) is 9.80 Å². The molecule has 7 N–H and O–H groups in total. The molecule has 9 unspecified atom stereocenters. The van der Waals surface area contributed by atoms with Crippen molar-refractivity contribution in [2.24, 2.45) is 23.5 Å². The Morgan fingerprint density at radius 2 is 1.57 bits per heavy atom. The number of aliphatic hydroxyl groups excluding tert-OH is 2. The van der Waals surface area contributed by atoms with Crippen LogP contribution < -0.4 is 15.8 Å². The highest BCUT2D eigenvalue weighted by atomic mass is 32.1. The van der Waals surface area contributed by atoms with Crippen molar-refractivity contribution in [3.05, 3.63) is 99.5 Å². The van der Waals surface area contributed by atoms with Crippen LogP contribution in [-0.2, 0) is 4.74 Å². The summed E-state index contributed by atoms with van der Waals surface area (Å²) in [6.07, 6.45) is 8.32. The number of carbonyl (C=O) groups is 1. The standard InChI is InChI=1S/C49H62N8O5S/c1-26(2)42(50)47(58)56-17-7-10-38(56)45-51-24-36(53-45)29-13-15-33-28(5)35-22-32(21-31(33)20-29)34-16-14-30(23-40(34)62-44(35)41-12-9-19-63-41)37-25-52-46(54-37)39-11-8-18-57(39)48(59)43(27(3)4)55-49(60)61-6/h9,12-16,19-21,23-28,35,38-39,42-44,47-48,58-59H,7-8,10-11,17-18,22,50H2,1-6H3,(H,51,53)(H,52,54)(H,55,60). The molecule has 2 aromatic carbocycles. The van der Waals surface area contributed by atoms with Crippen molar-refractivity contribution in [1.29, 1.82) is 0 Å². The molecule has 0 radical (unpaired) electrons. The van der Waals surface area contributed by atoms with E-state index in [9.17, 15) is 15.0 Å². The Hall–Kier alpha value is -4.83. The zero-order valence-corrected chi connectivity index (χ0v) is 37.9. The van der Waals surface area contributed by atoms with E-state index in [1.54, 1.807) is 11.3 Å². The summed E-state index contributed by atoms with van der Waals surface area (Å²) < 4.78 is 12.0. The van der Waals surface area contributed by atoms with E-state index in [0.717, 1.165) is 84.1 Å². The molecular weight excluding hydrogens is 813 g/mol. The first kappa shape index (κ1) is 43.4. The SMILES string of the molecule is COC(=O)NC(C(C)C)C(O)N1CCCC1c1ncc(-c2ccc3c(c2)OC(c2cccs2)C2CC3=Cc3cc(-c4cnc(C5CCCN5C(O)C(N)C(C)C)[nH]4)ccc3C2C)[nH]1. The number of benzene rings is 2. The van der Waals surface area contributed by atoms with Crippen LogP contribution in [0.3, 0.4) is 0 Å². The lowest BCUT2D eigenvalue weighted by atomic mass is 9.80. The molecule has 0 saturated carbocycles. The van der Waals surface area contributed by atoms with E-state index in [-0.39, 0.29) is 47.9 Å². The second kappa shape index (κ2) is 18.0. The summed E-state index contributed by atoms with van der Waals surface area (Å²) in [5.41, 5.74) is 15.1. The molecule has 1 aliphatic carbocycles. The maximum absolute atomic E-state index is 12.2. The van der Waals surface area contributed by atoms with Crippen molar-refractivity contribution in [2.75, 3.05) is 20.2 Å². The van der Waals surface area contributed by atoms with Gasteiger partial charge in [0.25, 0.3) is 0 Å². The Labute approximate surface area is 374 Å². The summed E-state index contributed by atoms with van der Waals surface area (Å²) in [5, 5.41) is 27.7. The summed E-state index contributed by atoms with van der Waals surface area (Å²) >= 11 is 1.74. The van der Waals surface area contributed by atoms with Gasteiger partial charge in [0.1, 0.15) is 36.0 Å². The fraction of sp³-hybridized carbons (Fsp3) is 0.490. The van der Waals surface area contributed by atoms with Gasteiger partial charge in [0.2, 0.25) is 0 Å². The van der Waals surface area contributed by atoms with Gasteiger partial charge in [0.05, 0.1) is 49.0 Å². The van der Waals surface area contributed by atoms with Gasteiger partial charge in [-0.1, -0.05) is 71.0 Å². The Morgan fingerprint density at radius 1 is 0.921 bits per heavy atom. The van der Waals surface area contributed by atoms with E-state index in [0.29, 0.717) is 6.54 Å². The van der Waals surface area contributed by atoms with Crippen LogP contribution in [0.15, 0.2) is 66.3 Å². The van der Waals surface area contributed by atoms with Crippen molar-refractivity contribution in [1.82, 2.24) is 35.1 Å². The number of nitrogens with one attached hydrogen (secondary N) is 3. The topological polar surface area (TPSA) is 178 Å². The van der Waals surface area contributed by atoms with Gasteiger partial charge in [-0.25, -0.2) is 14.8 Å². The second-order valence-corrected chi connectivity index (χ2v) is 19.6. The van der Waals surface area contributed by atoms with Crippen LogP contribution in [0.25, 0.3) is 34.2 Å². The lowest BCUT2D eigenvalue weighted by Crippen LogP contribution is -2.54. The number of rotatable bonds is 12. The highest BCUT2D eigenvalue weighted by Crippen LogP contribution is 2.52. The minimum atomic E-state index is -0.908. The number of amides is 1. The summed E-state index contributed by atoms with van der Waals surface area (Å²) in [4.78, 5) is 34.5. The Kier molecular flexibility index (Phi) is 12.4. The number of thiophene rings is 1. The third kappa shape index (κ3) is 8.37. The molecule has 9 rings (SSSR count). The highest BCUT2D eigenvalue weighted by Gasteiger charge is 2.41. The van der Waals surface area contributed by atoms with Gasteiger partial charge in [0, 0.05) is 46.6 Å². The molecule has 63 heavy (non-hydrogen) atoms. The van der Waals surface area contributed by atoms with Crippen LogP contribution >= 0.6 is 11.3 Å². The van der Waals surface area contributed by atoms with Crippen LogP contribution in [0.5, 0.6) is 5.75 Å². The average molecular weight is 875 g/mol. The molecule has 4 aliphatic rings. The second-order valence-electron chi connectivity index (χ2n) is 18.6. The van der Waals surface area contributed by atoms with Crippen LogP contribution in [0, 0.1) is 17.8 Å². The first-order valence-electron chi connectivity index (χ1n) is 22.7. The molecular formula is C49H62N8O5S. The number of allylic oxidation sites excluding steroid dienone is 1. The zero-order chi connectivity index (χ0) is 44.1. The number of H-pyrrole nitrogens is 2. The highest BCUT2D eigenvalue weighted by molar-refractivity contribution is 7.10. The number of hydrogen-bond acceptors (Lipinski definition) is 11. The molecule has 13 nitrogen and oxygen atoms in total. The molecule has 2 saturated heterocycles. The molecule has 2 fully saturated rings. The molecule has 334 valence electrons. The number of imidazole rings is 2. The number of likely N-dealkylation sites (tertiary alicyclic amines) is 2. The molecule has 3 aromatic heterocycles. The number of nitrogens with two attached hydrogens (primary N) is 1. The van der Waals surface area contributed by atoms with E-state index in [2.05, 4.69) is 87.1 Å². The van der Waals surface area contributed by atoms with Crippen LogP contribution in [0.2, 0.25) is 0 Å². The number of hydrogen-bond donors (Lipinski definition) is 6. The van der Waals surface area contributed by atoms with Gasteiger partial charge in [0.15, 0.2) is 0 Å². The van der Waals surface area contributed by atoms with Crippen molar-refractivity contribution in [3.63, 3.8) is 0 Å². The number of fused-ring (bicyclic) bond motifs is 5. The number of ether oxygens (including phenoxy) is 2. The number of methoxy groups -OCH3 is 1. The first-order chi connectivity index (χ1) is 30.4. The van der Waals surface area contributed by atoms with Crippen LogP contribution in [-0.4, -0.2) is 90.8 Å². The summed E-state index contributed by atoms with van der Waals surface area (Å²) in [6.45, 7) is 11.9. The largest absolute Gasteiger partial charge is 0.484 e. The smallest absolute Gasteiger partial charge is 0.407 e. The number of aromatic nitrogens is 4. The van der Waals surface area contributed by atoms with Crippen molar-refractivity contribution in [2.45, 2.75) is 115 Å². The number of aliphatic hydroxyl groups is 2. The van der Waals surface area contributed by atoms with Crippen LogP contribution in [0.4, 0.5) is 4.79 Å². The maximum atomic E-state index is 12.2. The number of carbonyl (C=O) groups excluding carboxylic acids is 1. The molecule has 14 heteroatoms. The van der Waals surface area contributed by atoms with Gasteiger partial charge in [-0.05, 0) is 90.1 Å². The molecule has 5 aromatic rings. The number of aromatic amines is 2. The Balaban J connectivity index is 1.02. The van der Waals surface area contributed by atoms with E-state index >= 15 is 0 Å². The van der Waals surface area contributed by atoms with Gasteiger partial charge in [-0.2, -0.15) is 0 Å². The van der Waals surface area contributed by atoms with Gasteiger partial charge < -0.3 is 40.7 Å². The van der Waals surface area contributed by atoms with Gasteiger partial charge >= 0.3 is 6.09 Å². The van der Waals surface area contributed by atoms with Crippen molar-refractivity contribution in [3.8, 4) is 28.3 Å². The van der Waals surface area contributed by atoms with Crippen molar-refractivity contribution >= 4 is 29.1 Å². The van der Waals surface area contributed by atoms with E-state index in [4.69, 9.17) is 25.2 Å². The number of nitrogens with zero attached hydrogens (tertiary/aromatic N) is 4. The summed E-state index contributed by atoms with van der Waals surface area (Å²) in [7, 11) is 1.33. The van der Waals surface area contributed by atoms with Crippen LogP contribution in [0.1, 0.15) is 124 Å². The van der Waals surface area contributed by atoms with E-state index < -0.39 is 24.6 Å². The minimum Gasteiger partial charge on any atom is -0.484 e. The average Bonchev–Trinajstić information content (AvgIpc) is 4.14.